The van der Waals surface area contributed by atoms with Gasteiger partial charge in [-0.15, -0.1) is 0 Å². The quantitative estimate of drug-likeness (QED) is 0.748. The lowest BCUT2D eigenvalue weighted by atomic mass is 10.0. The van der Waals surface area contributed by atoms with Crippen LogP contribution in [0.1, 0.15) is 26.7 Å². The van der Waals surface area contributed by atoms with Gasteiger partial charge in [-0.1, -0.05) is 13.8 Å². The Hall–Kier alpha value is -1.52. The highest BCUT2D eigenvalue weighted by Gasteiger charge is 2.25. The van der Waals surface area contributed by atoms with Gasteiger partial charge < -0.3 is 15.2 Å². The van der Waals surface area contributed by atoms with Gasteiger partial charge in [-0.2, -0.15) is 0 Å². The maximum Gasteiger partial charge on any atom is 0.326 e. The Morgan fingerprint density at radius 2 is 2.19 bits per heavy atom. The number of carboxylic acid groups (broad SMARTS) is 1. The number of rotatable bonds is 4. The molecule has 1 unspecified atom stereocenters. The standard InChI is InChI=1S/C11H17NO4/c1-7(2)9(11(14)15)12-10(13)8-4-3-5-16-6-8/h6-7,9H,3-5H2,1-2H3,(H,12,13)(H,14,15). The third-order valence-corrected chi connectivity index (χ3v) is 2.44. The first-order valence-corrected chi connectivity index (χ1v) is 5.36. The number of nitrogens with one attached hydrogen (secondary N) is 1. The molecule has 0 bridgehead atoms. The summed E-state index contributed by atoms with van der Waals surface area (Å²) >= 11 is 0. The molecule has 1 amide bonds. The van der Waals surface area contributed by atoms with E-state index in [1.165, 1.54) is 6.26 Å². The highest BCUT2D eigenvalue weighted by Crippen LogP contribution is 2.12. The van der Waals surface area contributed by atoms with E-state index in [4.69, 9.17) is 9.84 Å². The summed E-state index contributed by atoms with van der Waals surface area (Å²) in [7, 11) is 0. The topological polar surface area (TPSA) is 75.6 Å². The van der Waals surface area contributed by atoms with Crippen molar-refractivity contribution in [1.29, 1.82) is 0 Å². The molecule has 0 fully saturated rings. The molecular formula is C11H17NO4. The van der Waals surface area contributed by atoms with Gasteiger partial charge in [-0.05, 0) is 18.8 Å². The van der Waals surface area contributed by atoms with E-state index in [0.29, 0.717) is 18.6 Å². The Morgan fingerprint density at radius 1 is 1.50 bits per heavy atom. The smallest absolute Gasteiger partial charge is 0.326 e. The van der Waals surface area contributed by atoms with Crippen molar-refractivity contribution >= 4 is 11.9 Å². The Balaban J connectivity index is 2.61. The molecule has 2 N–H and O–H groups in total. The Labute approximate surface area is 94.5 Å². The molecule has 5 heteroatoms. The van der Waals surface area contributed by atoms with Crippen molar-refractivity contribution in [2.45, 2.75) is 32.7 Å². The third kappa shape index (κ3) is 3.25. The maximum atomic E-state index is 11.7. The summed E-state index contributed by atoms with van der Waals surface area (Å²) in [5.74, 6) is -1.51. The Morgan fingerprint density at radius 3 is 2.62 bits per heavy atom. The molecule has 0 aromatic rings. The van der Waals surface area contributed by atoms with Crippen LogP contribution in [0.25, 0.3) is 0 Å². The lowest BCUT2D eigenvalue weighted by molar-refractivity contribution is -0.142. The minimum Gasteiger partial charge on any atom is -0.501 e. The molecule has 1 rings (SSSR count). The lowest BCUT2D eigenvalue weighted by Gasteiger charge is -2.20. The van der Waals surface area contributed by atoms with Crippen LogP contribution in [0.2, 0.25) is 0 Å². The van der Waals surface area contributed by atoms with E-state index >= 15 is 0 Å². The minimum atomic E-state index is -1.01. The number of carbonyl (C=O) groups is 2. The second-order valence-corrected chi connectivity index (χ2v) is 4.15. The van der Waals surface area contributed by atoms with Crippen LogP contribution in [0.5, 0.6) is 0 Å². The van der Waals surface area contributed by atoms with Crippen LogP contribution in [-0.4, -0.2) is 29.6 Å². The van der Waals surface area contributed by atoms with Crippen molar-refractivity contribution in [1.82, 2.24) is 5.32 Å². The number of hydrogen-bond acceptors (Lipinski definition) is 3. The van der Waals surface area contributed by atoms with Gasteiger partial charge in [-0.3, -0.25) is 4.79 Å². The van der Waals surface area contributed by atoms with Gasteiger partial charge >= 0.3 is 5.97 Å². The highest BCUT2D eigenvalue weighted by atomic mass is 16.5. The number of ether oxygens (including phenoxy) is 1. The zero-order chi connectivity index (χ0) is 12.1. The summed E-state index contributed by atoms with van der Waals surface area (Å²) in [5.41, 5.74) is 0.512. The van der Waals surface area contributed by atoms with Crippen LogP contribution >= 0.6 is 0 Å². The first kappa shape index (κ1) is 12.5. The molecule has 16 heavy (non-hydrogen) atoms. The van der Waals surface area contributed by atoms with E-state index in [9.17, 15) is 9.59 Å². The maximum absolute atomic E-state index is 11.7. The summed E-state index contributed by atoms with van der Waals surface area (Å²) in [6.45, 7) is 4.12. The predicted molar refractivity (Wildman–Crippen MR) is 57.7 cm³/mol. The second kappa shape index (κ2) is 5.53. The number of carboxylic acids is 1. The normalized spacial score (nSPS) is 17.3. The summed E-state index contributed by atoms with van der Waals surface area (Å²) < 4.78 is 5.04. The summed E-state index contributed by atoms with van der Waals surface area (Å²) in [5, 5.41) is 11.4. The zero-order valence-electron chi connectivity index (χ0n) is 9.53. The average molecular weight is 227 g/mol. The van der Waals surface area contributed by atoms with Gasteiger partial charge in [0.05, 0.1) is 18.4 Å². The van der Waals surface area contributed by atoms with E-state index in [2.05, 4.69) is 5.32 Å². The third-order valence-electron chi connectivity index (χ3n) is 2.44. The van der Waals surface area contributed by atoms with Crippen molar-refractivity contribution in [3.8, 4) is 0 Å². The fourth-order valence-corrected chi connectivity index (χ4v) is 1.48. The van der Waals surface area contributed by atoms with Crippen LogP contribution in [0, 0.1) is 5.92 Å². The van der Waals surface area contributed by atoms with Crippen molar-refractivity contribution in [2.24, 2.45) is 5.92 Å². The molecule has 1 aliphatic heterocycles. The number of hydrogen-bond donors (Lipinski definition) is 2. The molecule has 0 saturated carbocycles. The molecule has 1 heterocycles. The fraction of sp³-hybridized carbons (Fsp3) is 0.636. The molecule has 0 radical (unpaired) electrons. The van der Waals surface area contributed by atoms with Crippen molar-refractivity contribution in [3.63, 3.8) is 0 Å². The summed E-state index contributed by atoms with van der Waals surface area (Å²) in [6.07, 6.45) is 2.84. The number of aliphatic carboxylic acids is 1. The molecule has 90 valence electrons. The Kier molecular flexibility index (Phi) is 4.34. The first-order chi connectivity index (χ1) is 7.52. The molecule has 0 saturated heterocycles. The van der Waals surface area contributed by atoms with Crippen LogP contribution in [0.4, 0.5) is 0 Å². The highest BCUT2D eigenvalue weighted by molar-refractivity contribution is 5.95. The summed E-state index contributed by atoms with van der Waals surface area (Å²) in [4.78, 5) is 22.6. The van der Waals surface area contributed by atoms with Gasteiger partial charge in [0, 0.05) is 0 Å². The monoisotopic (exact) mass is 227 g/mol. The van der Waals surface area contributed by atoms with E-state index in [-0.39, 0.29) is 11.8 Å². The van der Waals surface area contributed by atoms with Crippen molar-refractivity contribution < 1.29 is 19.4 Å². The predicted octanol–water partition coefficient (Wildman–Crippen LogP) is 0.906. The van der Waals surface area contributed by atoms with Crippen LogP contribution in [-0.2, 0) is 14.3 Å². The van der Waals surface area contributed by atoms with Crippen molar-refractivity contribution in [2.75, 3.05) is 6.61 Å². The van der Waals surface area contributed by atoms with Crippen molar-refractivity contribution in [3.05, 3.63) is 11.8 Å². The van der Waals surface area contributed by atoms with Crippen LogP contribution in [0.15, 0.2) is 11.8 Å². The SMILES string of the molecule is CC(C)C(NC(=O)C1=COCCC1)C(=O)O. The van der Waals surface area contributed by atoms with Gasteiger partial charge in [0.15, 0.2) is 0 Å². The van der Waals surface area contributed by atoms with Crippen LogP contribution in [0.3, 0.4) is 0 Å². The zero-order valence-corrected chi connectivity index (χ0v) is 9.53. The minimum absolute atomic E-state index is 0.147. The second-order valence-electron chi connectivity index (χ2n) is 4.15. The number of carbonyl (C=O) groups excluding carboxylic acids is 1. The first-order valence-electron chi connectivity index (χ1n) is 5.36. The van der Waals surface area contributed by atoms with E-state index in [1.807, 2.05) is 0 Å². The van der Waals surface area contributed by atoms with Crippen LogP contribution < -0.4 is 5.32 Å². The average Bonchev–Trinajstić information content (AvgIpc) is 2.25. The summed E-state index contributed by atoms with van der Waals surface area (Å²) in [6, 6.07) is -0.852. The van der Waals surface area contributed by atoms with E-state index in [1.54, 1.807) is 13.8 Å². The molecule has 1 atom stereocenters. The Bertz CT molecular complexity index is 309. The molecule has 0 aliphatic carbocycles. The van der Waals surface area contributed by atoms with E-state index in [0.717, 1.165) is 6.42 Å². The largest absolute Gasteiger partial charge is 0.501 e. The molecule has 0 spiro atoms. The van der Waals surface area contributed by atoms with Gasteiger partial charge in [0.25, 0.3) is 5.91 Å². The van der Waals surface area contributed by atoms with Gasteiger partial charge in [-0.25, -0.2) is 4.79 Å². The fourth-order valence-electron chi connectivity index (χ4n) is 1.48. The lowest BCUT2D eigenvalue weighted by Crippen LogP contribution is -2.45. The molecular weight excluding hydrogens is 210 g/mol. The van der Waals surface area contributed by atoms with Gasteiger partial charge in [0.2, 0.25) is 0 Å². The van der Waals surface area contributed by atoms with Gasteiger partial charge in [0.1, 0.15) is 6.04 Å². The number of amides is 1. The molecule has 0 aromatic heterocycles. The molecule has 1 aliphatic rings. The molecule has 0 aromatic carbocycles. The van der Waals surface area contributed by atoms with E-state index < -0.39 is 12.0 Å². The molecule has 5 nitrogen and oxygen atoms in total.